The number of aliphatic hydroxyl groups is 2. The Balaban J connectivity index is 4.11. The van der Waals surface area contributed by atoms with Gasteiger partial charge < -0.3 is 15.3 Å². The van der Waals surface area contributed by atoms with Crippen molar-refractivity contribution < 1.29 is 20.1 Å². The Hall–Kier alpha value is -1.83. The number of terminal acetylenes is 1. The second-order valence-electron chi connectivity index (χ2n) is 4.48. The molecule has 0 aromatic rings. The highest BCUT2D eigenvalue weighted by Crippen LogP contribution is 2.06. The molecule has 2 atom stereocenters. The Morgan fingerprint density at radius 3 is 2.60 bits per heavy atom. The largest absolute Gasteiger partial charge is 0.481 e. The highest BCUT2D eigenvalue weighted by Gasteiger charge is 2.02. The monoisotopic (exact) mass is 278 g/mol. The molecule has 0 aromatic carbocycles. The van der Waals surface area contributed by atoms with E-state index in [1.54, 1.807) is 30.4 Å². The van der Waals surface area contributed by atoms with Crippen LogP contribution in [0.15, 0.2) is 36.0 Å². The maximum atomic E-state index is 10.3. The fourth-order valence-corrected chi connectivity index (χ4v) is 1.49. The van der Waals surface area contributed by atoms with Crippen molar-refractivity contribution in [1.82, 2.24) is 0 Å². The normalized spacial score (nSPS) is 15.4. The van der Waals surface area contributed by atoms with Gasteiger partial charge in [-0.3, -0.25) is 4.79 Å². The zero-order chi connectivity index (χ0) is 15.4. The zero-order valence-electron chi connectivity index (χ0n) is 11.7. The molecule has 0 saturated heterocycles. The molecule has 0 spiro atoms. The van der Waals surface area contributed by atoms with E-state index in [0.717, 1.165) is 5.57 Å². The lowest BCUT2D eigenvalue weighted by molar-refractivity contribution is -0.137. The molecule has 0 aromatic heterocycles. The number of carbonyl (C=O) groups is 1. The van der Waals surface area contributed by atoms with Crippen LogP contribution in [0.5, 0.6) is 0 Å². The van der Waals surface area contributed by atoms with Crippen molar-refractivity contribution in [1.29, 1.82) is 0 Å². The van der Waals surface area contributed by atoms with Crippen LogP contribution in [0.3, 0.4) is 0 Å². The van der Waals surface area contributed by atoms with Gasteiger partial charge in [0.25, 0.3) is 0 Å². The Labute approximate surface area is 120 Å². The first kappa shape index (κ1) is 18.2. The molecule has 3 N–H and O–H groups in total. The number of hydrogen-bond donors (Lipinski definition) is 3. The summed E-state index contributed by atoms with van der Waals surface area (Å²) < 4.78 is 0. The van der Waals surface area contributed by atoms with Crippen molar-refractivity contribution >= 4 is 5.97 Å². The van der Waals surface area contributed by atoms with Gasteiger partial charge in [0.15, 0.2) is 0 Å². The van der Waals surface area contributed by atoms with E-state index in [1.165, 1.54) is 0 Å². The predicted molar refractivity (Wildman–Crippen MR) is 79.0 cm³/mol. The lowest BCUT2D eigenvalue weighted by atomic mass is 10.1. The quantitative estimate of drug-likeness (QED) is 0.445. The summed E-state index contributed by atoms with van der Waals surface area (Å²) in [5.74, 6) is 1.51. The van der Waals surface area contributed by atoms with Gasteiger partial charge in [-0.2, -0.15) is 0 Å². The summed E-state index contributed by atoms with van der Waals surface area (Å²) in [5, 5.41) is 27.5. The number of rotatable bonds is 9. The molecule has 0 rings (SSSR count). The van der Waals surface area contributed by atoms with Gasteiger partial charge >= 0.3 is 5.97 Å². The first-order valence-corrected chi connectivity index (χ1v) is 6.50. The second kappa shape index (κ2) is 11.0. The summed E-state index contributed by atoms with van der Waals surface area (Å²) in [5.41, 5.74) is 0.865. The maximum absolute atomic E-state index is 10.3. The van der Waals surface area contributed by atoms with E-state index < -0.39 is 18.2 Å². The van der Waals surface area contributed by atoms with Crippen LogP contribution >= 0.6 is 0 Å². The molecule has 4 nitrogen and oxygen atoms in total. The van der Waals surface area contributed by atoms with Crippen molar-refractivity contribution in [2.24, 2.45) is 0 Å². The van der Waals surface area contributed by atoms with Crippen LogP contribution in [-0.4, -0.2) is 33.5 Å². The number of hydrogen-bond acceptors (Lipinski definition) is 3. The number of allylic oxidation sites excluding steroid dienone is 4. The molecule has 1 unspecified atom stereocenters. The third-order valence-electron chi connectivity index (χ3n) is 2.48. The first-order valence-electron chi connectivity index (χ1n) is 6.50. The standard InChI is InChI=1S/C16H22O4/c1-3-7-14(17)9-5-4-8-13(2)12-15(18)10-6-11-16(19)20/h1,4-5,8-9,12,14-15,17-18H,6-7,10-11H2,2H3,(H,19,20)/b8-4+,9-5+,13-12-/t14-,15?/m1/s1. The van der Waals surface area contributed by atoms with Gasteiger partial charge in [-0.05, 0) is 19.8 Å². The molecular formula is C16H22O4. The average molecular weight is 278 g/mol. The lowest BCUT2D eigenvalue weighted by Gasteiger charge is -2.04. The minimum absolute atomic E-state index is 0.0651. The maximum Gasteiger partial charge on any atom is 0.303 e. The van der Waals surface area contributed by atoms with Gasteiger partial charge in [-0.25, -0.2) is 0 Å². The number of carboxylic acids is 1. The summed E-state index contributed by atoms with van der Waals surface area (Å²) in [6.07, 6.45) is 13.5. The summed E-state index contributed by atoms with van der Waals surface area (Å²) in [7, 11) is 0. The van der Waals surface area contributed by atoms with Gasteiger partial charge in [0.2, 0.25) is 0 Å². The van der Waals surface area contributed by atoms with Crippen LogP contribution in [0.4, 0.5) is 0 Å². The third kappa shape index (κ3) is 11.3. The first-order chi connectivity index (χ1) is 9.45. The summed E-state index contributed by atoms with van der Waals surface area (Å²) in [6, 6.07) is 0. The zero-order valence-corrected chi connectivity index (χ0v) is 11.7. The molecule has 0 radical (unpaired) electrons. The van der Waals surface area contributed by atoms with Crippen LogP contribution in [0.25, 0.3) is 0 Å². The van der Waals surface area contributed by atoms with Crippen LogP contribution in [0, 0.1) is 12.3 Å². The second-order valence-corrected chi connectivity index (χ2v) is 4.48. The lowest BCUT2D eigenvalue weighted by Crippen LogP contribution is -2.04. The Bertz CT molecular complexity index is 413. The molecule has 0 aliphatic carbocycles. The number of aliphatic carboxylic acids is 1. The minimum atomic E-state index is -0.853. The smallest absolute Gasteiger partial charge is 0.303 e. The van der Waals surface area contributed by atoms with E-state index >= 15 is 0 Å². The van der Waals surface area contributed by atoms with E-state index in [2.05, 4.69) is 5.92 Å². The fourth-order valence-electron chi connectivity index (χ4n) is 1.49. The Kier molecular flexibility index (Phi) is 10.0. The summed E-state index contributed by atoms with van der Waals surface area (Å²) >= 11 is 0. The summed E-state index contributed by atoms with van der Waals surface area (Å²) in [4.78, 5) is 10.3. The van der Waals surface area contributed by atoms with Crippen LogP contribution in [0.1, 0.15) is 32.6 Å². The number of carboxylic acid groups (broad SMARTS) is 1. The fraction of sp³-hybridized carbons (Fsp3) is 0.438. The molecule has 0 aliphatic heterocycles. The molecule has 0 amide bonds. The van der Waals surface area contributed by atoms with Crippen molar-refractivity contribution in [3.63, 3.8) is 0 Å². The molecule has 0 bridgehead atoms. The molecule has 110 valence electrons. The van der Waals surface area contributed by atoms with Crippen molar-refractivity contribution in [2.75, 3.05) is 0 Å². The van der Waals surface area contributed by atoms with E-state index in [0.29, 0.717) is 12.8 Å². The van der Waals surface area contributed by atoms with E-state index in [1.807, 2.05) is 6.92 Å². The van der Waals surface area contributed by atoms with Gasteiger partial charge in [0, 0.05) is 12.8 Å². The summed E-state index contributed by atoms with van der Waals surface area (Å²) in [6.45, 7) is 1.84. The third-order valence-corrected chi connectivity index (χ3v) is 2.48. The molecule has 0 heterocycles. The van der Waals surface area contributed by atoms with E-state index in [-0.39, 0.29) is 12.8 Å². The topological polar surface area (TPSA) is 77.8 Å². The molecule has 0 aliphatic rings. The molecule has 0 fully saturated rings. The van der Waals surface area contributed by atoms with Crippen molar-refractivity contribution in [3.8, 4) is 12.3 Å². The van der Waals surface area contributed by atoms with Gasteiger partial charge in [-0.15, -0.1) is 12.3 Å². The van der Waals surface area contributed by atoms with Crippen molar-refractivity contribution in [3.05, 3.63) is 36.0 Å². The van der Waals surface area contributed by atoms with Gasteiger partial charge in [-0.1, -0.05) is 36.0 Å². The molecule has 0 saturated carbocycles. The van der Waals surface area contributed by atoms with Crippen LogP contribution in [-0.2, 0) is 4.79 Å². The van der Waals surface area contributed by atoms with E-state index in [4.69, 9.17) is 11.5 Å². The molecular weight excluding hydrogens is 256 g/mol. The Morgan fingerprint density at radius 1 is 1.30 bits per heavy atom. The number of aliphatic hydroxyl groups excluding tert-OH is 2. The SMILES string of the molecule is C#CC[C@@H](O)/C=C/C=C/C(C)=C\C(O)CCCC(=O)O. The Morgan fingerprint density at radius 2 is 2.00 bits per heavy atom. The van der Waals surface area contributed by atoms with Crippen molar-refractivity contribution in [2.45, 2.75) is 44.8 Å². The van der Waals surface area contributed by atoms with Gasteiger partial charge in [0.05, 0.1) is 12.2 Å². The van der Waals surface area contributed by atoms with E-state index in [9.17, 15) is 15.0 Å². The predicted octanol–water partition coefficient (Wildman–Crippen LogP) is 2.05. The van der Waals surface area contributed by atoms with Crippen LogP contribution < -0.4 is 0 Å². The molecule has 20 heavy (non-hydrogen) atoms. The van der Waals surface area contributed by atoms with Gasteiger partial charge in [0.1, 0.15) is 0 Å². The average Bonchev–Trinajstić information content (AvgIpc) is 2.34. The van der Waals surface area contributed by atoms with Crippen LogP contribution in [0.2, 0.25) is 0 Å². The molecule has 4 heteroatoms. The minimum Gasteiger partial charge on any atom is -0.481 e. The highest BCUT2D eigenvalue weighted by atomic mass is 16.4. The highest BCUT2D eigenvalue weighted by molar-refractivity contribution is 5.66.